The highest BCUT2D eigenvalue weighted by atomic mass is 35.5. The summed E-state index contributed by atoms with van der Waals surface area (Å²) in [6.45, 7) is 9.47. The van der Waals surface area contributed by atoms with E-state index >= 15 is 0 Å². The molecule has 0 amide bonds. The minimum Gasteiger partial charge on any atom is -0.381 e. The van der Waals surface area contributed by atoms with Gasteiger partial charge in [-0.1, -0.05) is 56.5 Å². The summed E-state index contributed by atoms with van der Waals surface area (Å²) < 4.78 is 5.61. The van der Waals surface area contributed by atoms with E-state index in [4.69, 9.17) is 27.9 Å². The summed E-state index contributed by atoms with van der Waals surface area (Å²) in [6.07, 6.45) is 7.06. The van der Waals surface area contributed by atoms with Crippen molar-refractivity contribution in [2.24, 2.45) is 5.92 Å². The summed E-state index contributed by atoms with van der Waals surface area (Å²) in [6, 6.07) is 6.68. The maximum atomic E-state index is 6.32. The van der Waals surface area contributed by atoms with Gasteiger partial charge in [0.05, 0.1) is 10.0 Å². The third kappa shape index (κ3) is 5.60. The molecule has 1 aromatic rings. The van der Waals surface area contributed by atoms with Crippen LogP contribution in [-0.4, -0.2) is 25.8 Å². The van der Waals surface area contributed by atoms with Gasteiger partial charge in [0, 0.05) is 24.7 Å². The first kappa shape index (κ1) is 21.0. The first-order chi connectivity index (χ1) is 12.0. The van der Waals surface area contributed by atoms with Crippen molar-refractivity contribution in [2.45, 2.75) is 70.8 Å². The third-order valence-corrected chi connectivity index (χ3v) is 6.06. The Bertz CT molecular complexity index is 529. The molecule has 0 aliphatic heterocycles. The van der Waals surface area contributed by atoms with Gasteiger partial charge in [0.2, 0.25) is 0 Å². The van der Waals surface area contributed by atoms with E-state index in [1.54, 1.807) is 0 Å². The van der Waals surface area contributed by atoms with Crippen molar-refractivity contribution >= 4 is 23.2 Å². The van der Waals surface area contributed by atoms with Crippen LogP contribution in [0.2, 0.25) is 10.0 Å². The normalized spacial score (nSPS) is 17.5. The van der Waals surface area contributed by atoms with Gasteiger partial charge in [-0.05, 0) is 62.3 Å². The van der Waals surface area contributed by atoms with Crippen LogP contribution in [0.5, 0.6) is 0 Å². The van der Waals surface area contributed by atoms with Crippen molar-refractivity contribution in [3.05, 3.63) is 33.8 Å². The van der Waals surface area contributed by atoms with Crippen LogP contribution in [0.25, 0.3) is 0 Å². The van der Waals surface area contributed by atoms with Crippen LogP contribution < -0.4 is 5.32 Å². The first-order valence-electron chi connectivity index (χ1n) is 9.76. The van der Waals surface area contributed by atoms with E-state index in [0.717, 1.165) is 32.6 Å². The molecule has 2 rings (SSSR count). The minimum atomic E-state index is 0.197. The molecule has 4 heteroatoms. The van der Waals surface area contributed by atoms with Crippen LogP contribution in [0, 0.1) is 5.92 Å². The summed E-state index contributed by atoms with van der Waals surface area (Å²) in [7, 11) is 0. The van der Waals surface area contributed by atoms with Gasteiger partial charge in [-0.3, -0.25) is 0 Å². The van der Waals surface area contributed by atoms with Gasteiger partial charge in [0.1, 0.15) is 0 Å². The minimum absolute atomic E-state index is 0.197. The Morgan fingerprint density at radius 3 is 2.48 bits per heavy atom. The molecule has 1 aromatic carbocycles. The zero-order valence-electron chi connectivity index (χ0n) is 15.9. The maximum absolute atomic E-state index is 6.32. The first-order valence-corrected chi connectivity index (χ1v) is 10.5. The lowest BCUT2D eigenvalue weighted by molar-refractivity contribution is 0.122. The molecule has 1 N–H and O–H groups in total. The van der Waals surface area contributed by atoms with Gasteiger partial charge in [-0.15, -0.1) is 0 Å². The number of hydrogen-bond donors (Lipinski definition) is 1. The van der Waals surface area contributed by atoms with E-state index in [9.17, 15) is 0 Å². The van der Waals surface area contributed by atoms with E-state index in [1.807, 2.05) is 6.07 Å². The maximum Gasteiger partial charge on any atom is 0.0595 e. The van der Waals surface area contributed by atoms with Crippen molar-refractivity contribution in [1.82, 2.24) is 5.32 Å². The molecule has 0 radical (unpaired) electrons. The Kier molecular flexibility index (Phi) is 8.54. The second-order valence-corrected chi connectivity index (χ2v) is 8.56. The molecule has 2 nitrogen and oxygen atoms in total. The molecule has 0 bridgehead atoms. The average Bonchev–Trinajstić information content (AvgIpc) is 2.52. The number of hydrogen-bond acceptors (Lipinski definition) is 2. The van der Waals surface area contributed by atoms with E-state index < -0.39 is 0 Å². The van der Waals surface area contributed by atoms with E-state index in [-0.39, 0.29) is 5.41 Å². The Morgan fingerprint density at radius 1 is 1.16 bits per heavy atom. The molecular weight excluding hydrogens is 353 g/mol. The van der Waals surface area contributed by atoms with Crippen LogP contribution >= 0.6 is 23.2 Å². The second kappa shape index (κ2) is 10.2. The SMILES string of the molecule is CCCOCCCN[C@@H](CC(C)C)C1(c2ccc(Cl)c(Cl)c2)CCC1. The predicted molar refractivity (Wildman–Crippen MR) is 109 cm³/mol. The Hall–Kier alpha value is -0.280. The van der Waals surface area contributed by atoms with Gasteiger partial charge in [-0.25, -0.2) is 0 Å². The summed E-state index contributed by atoms with van der Waals surface area (Å²) in [5.41, 5.74) is 1.54. The molecule has 1 fully saturated rings. The number of halogens is 2. The van der Waals surface area contributed by atoms with Crippen LogP contribution in [0.4, 0.5) is 0 Å². The molecule has 1 aliphatic carbocycles. The lowest BCUT2D eigenvalue weighted by Gasteiger charge is -2.49. The topological polar surface area (TPSA) is 21.3 Å². The molecule has 1 aliphatic rings. The quantitative estimate of drug-likeness (QED) is 0.455. The van der Waals surface area contributed by atoms with Crippen molar-refractivity contribution in [1.29, 1.82) is 0 Å². The summed E-state index contributed by atoms with van der Waals surface area (Å²) in [5.74, 6) is 0.661. The lowest BCUT2D eigenvalue weighted by Crippen LogP contribution is -2.53. The number of benzene rings is 1. The largest absolute Gasteiger partial charge is 0.381 e. The van der Waals surface area contributed by atoms with Gasteiger partial charge in [0.25, 0.3) is 0 Å². The van der Waals surface area contributed by atoms with Crippen LogP contribution in [0.3, 0.4) is 0 Å². The monoisotopic (exact) mass is 385 g/mol. The van der Waals surface area contributed by atoms with E-state index in [0.29, 0.717) is 22.0 Å². The summed E-state index contributed by atoms with van der Waals surface area (Å²) >= 11 is 12.5. The molecule has 25 heavy (non-hydrogen) atoms. The summed E-state index contributed by atoms with van der Waals surface area (Å²) in [4.78, 5) is 0. The Balaban J connectivity index is 2.06. The molecule has 0 aromatic heterocycles. The molecule has 0 spiro atoms. The molecule has 0 unspecified atom stereocenters. The highest BCUT2D eigenvalue weighted by Crippen LogP contribution is 2.49. The second-order valence-electron chi connectivity index (χ2n) is 7.74. The average molecular weight is 386 g/mol. The fraction of sp³-hybridized carbons (Fsp3) is 0.714. The smallest absolute Gasteiger partial charge is 0.0595 e. The predicted octanol–water partition coefficient (Wildman–Crippen LogP) is 6.24. The zero-order chi connectivity index (χ0) is 18.3. The lowest BCUT2D eigenvalue weighted by atomic mass is 9.59. The van der Waals surface area contributed by atoms with Crippen molar-refractivity contribution < 1.29 is 4.74 Å². The molecule has 0 saturated heterocycles. The zero-order valence-corrected chi connectivity index (χ0v) is 17.4. The van der Waals surface area contributed by atoms with E-state index in [2.05, 4.69) is 38.2 Å². The highest BCUT2D eigenvalue weighted by Gasteiger charge is 2.45. The Morgan fingerprint density at radius 2 is 1.92 bits per heavy atom. The van der Waals surface area contributed by atoms with Gasteiger partial charge in [0.15, 0.2) is 0 Å². The molecule has 1 saturated carbocycles. The number of rotatable bonds is 11. The third-order valence-electron chi connectivity index (χ3n) is 5.32. The van der Waals surface area contributed by atoms with Crippen LogP contribution in [-0.2, 0) is 10.2 Å². The van der Waals surface area contributed by atoms with Crippen molar-refractivity contribution in [2.75, 3.05) is 19.8 Å². The fourth-order valence-corrected chi connectivity index (χ4v) is 4.17. The van der Waals surface area contributed by atoms with Crippen LogP contribution in [0.1, 0.15) is 64.9 Å². The highest BCUT2D eigenvalue weighted by molar-refractivity contribution is 6.42. The van der Waals surface area contributed by atoms with Gasteiger partial charge >= 0.3 is 0 Å². The van der Waals surface area contributed by atoms with Crippen LogP contribution in [0.15, 0.2) is 18.2 Å². The number of nitrogens with one attached hydrogen (secondary N) is 1. The molecule has 1 atom stereocenters. The molecule has 0 heterocycles. The van der Waals surface area contributed by atoms with Crippen molar-refractivity contribution in [3.63, 3.8) is 0 Å². The molecule has 142 valence electrons. The van der Waals surface area contributed by atoms with E-state index in [1.165, 1.54) is 31.2 Å². The standard InChI is InChI=1S/C21H33Cl2NO/c1-4-12-25-13-6-11-24-20(14-16(2)3)21(9-5-10-21)17-7-8-18(22)19(23)15-17/h7-8,15-16,20,24H,4-6,9-14H2,1-3H3/t20-/m0/s1. The van der Waals surface area contributed by atoms with Crippen molar-refractivity contribution in [3.8, 4) is 0 Å². The van der Waals surface area contributed by atoms with Gasteiger partial charge in [-0.2, -0.15) is 0 Å². The number of ether oxygens (including phenoxy) is 1. The van der Waals surface area contributed by atoms with Gasteiger partial charge < -0.3 is 10.1 Å². The summed E-state index contributed by atoms with van der Waals surface area (Å²) in [5, 5.41) is 5.16. The fourth-order valence-electron chi connectivity index (χ4n) is 3.87. The Labute approximate surface area is 163 Å². The molecular formula is C21H33Cl2NO.